The molecular weight excluding hydrogens is 254 g/mol. The summed E-state index contributed by atoms with van der Waals surface area (Å²) in [5.74, 6) is 1.56. The molecule has 0 bridgehead atoms. The molecule has 1 aliphatic rings. The van der Waals surface area contributed by atoms with E-state index in [2.05, 4.69) is 20.2 Å². The lowest BCUT2D eigenvalue weighted by molar-refractivity contribution is 0.0674. The molecule has 6 nitrogen and oxygen atoms in total. The summed E-state index contributed by atoms with van der Waals surface area (Å²) in [7, 11) is 0. The highest BCUT2D eigenvalue weighted by Crippen LogP contribution is 2.01. The fraction of sp³-hybridized carbons (Fsp3) is 0.571. The second kappa shape index (κ2) is 8.37. The summed E-state index contributed by atoms with van der Waals surface area (Å²) >= 11 is 0. The third-order valence-corrected chi connectivity index (χ3v) is 3.16. The number of aliphatic imine (C=N–C) groups is 1. The van der Waals surface area contributed by atoms with Gasteiger partial charge in [0.05, 0.1) is 13.2 Å². The number of nitrogens with two attached hydrogens (primary N) is 1. The summed E-state index contributed by atoms with van der Waals surface area (Å²) in [5, 5.41) is 3.28. The van der Waals surface area contributed by atoms with Gasteiger partial charge in [0.15, 0.2) is 5.96 Å². The molecule has 1 saturated heterocycles. The van der Waals surface area contributed by atoms with Crippen LogP contribution in [-0.2, 0) is 4.74 Å². The van der Waals surface area contributed by atoms with Crippen molar-refractivity contribution in [3.63, 3.8) is 0 Å². The predicted octanol–water partition coefficient (Wildman–Crippen LogP) is 0.921. The van der Waals surface area contributed by atoms with Gasteiger partial charge in [-0.2, -0.15) is 0 Å². The largest absolute Gasteiger partial charge is 0.378 e. The normalized spacial score (nSPS) is 16.2. The zero-order valence-corrected chi connectivity index (χ0v) is 11.8. The molecule has 0 aliphatic carbocycles. The van der Waals surface area contributed by atoms with Gasteiger partial charge < -0.3 is 20.7 Å². The summed E-state index contributed by atoms with van der Waals surface area (Å²) in [6.45, 7) is 4.85. The highest BCUT2D eigenvalue weighted by molar-refractivity contribution is 5.78. The van der Waals surface area contributed by atoms with E-state index in [1.807, 2.05) is 18.2 Å². The average molecular weight is 277 g/mol. The first kappa shape index (κ1) is 14.6. The van der Waals surface area contributed by atoms with Gasteiger partial charge in [-0.05, 0) is 25.0 Å². The zero-order valence-electron chi connectivity index (χ0n) is 11.8. The lowest BCUT2D eigenvalue weighted by Crippen LogP contribution is -2.44. The molecule has 20 heavy (non-hydrogen) atoms. The first-order valence-electron chi connectivity index (χ1n) is 7.14. The van der Waals surface area contributed by atoms with Gasteiger partial charge in [0.2, 0.25) is 0 Å². The maximum atomic E-state index is 5.95. The molecule has 0 aromatic carbocycles. The van der Waals surface area contributed by atoms with Crippen molar-refractivity contribution in [2.24, 2.45) is 10.7 Å². The number of anilines is 1. The van der Waals surface area contributed by atoms with Crippen LogP contribution in [0.15, 0.2) is 29.4 Å². The Labute approximate surface area is 120 Å². The molecule has 1 fully saturated rings. The molecule has 1 aromatic rings. The number of hydrogen-bond acceptors (Lipinski definition) is 4. The van der Waals surface area contributed by atoms with Gasteiger partial charge in [0, 0.05) is 32.4 Å². The van der Waals surface area contributed by atoms with E-state index in [9.17, 15) is 0 Å². The lowest BCUT2D eigenvalue weighted by Gasteiger charge is -2.27. The topological polar surface area (TPSA) is 75.8 Å². The molecule has 0 saturated carbocycles. The van der Waals surface area contributed by atoms with E-state index < -0.39 is 0 Å². The standard InChI is InChI=1S/C14H23N5O/c15-14(19-9-11-20-12-10-19)18-8-4-3-7-17-13-5-1-2-6-16-13/h1-2,5-6H,3-4,7-12H2,(H2,15,18)(H,16,17). The van der Waals surface area contributed by atoms with Crippen LogP contribution in [0.3, 0.4) is 0 Å². The molecule has 2 rings (SSSR count). The molecule has 3 N–H and O–H groups in total. The number of rotatable bonds is 6. The minimum atomic E-state index is 0.644. The van der Waals surface area contributed by atoms with Crippen molar-refractivity contribution in [1.29, 1.82) is 0 Å². The van der Waals surface area contributed by atoms with Gasteiger partial charge in [-0.3, -0.25) is 4.99 Å². The fourth-order valence-electron chi connectivity index (χ4n) is 2.01. The van der Waals surface area contributed by atoms with E-state index in [1.165, 1.54) is 0 Å². The lowest BCUT2D eigenvalue weighted by atomic mass is 10.3. The minimum absolute atomic E-state index is 0.644. The van der Waals surface area contributed by atoms with Crippen LogP contribution in [0.1, 0.15) is 12.8 Å². The molecule has 2 heterocycles. The number of morpholine rings is 1. The third kappa shape index (κ3) is 5.05. The summed E-state index contributed by atoms with van der Waals surface area (Å²) in [4.78, 5) is 10.7. The van der Waals surface area contributed by atoms with Crippen LogP contribution in [0.4, 0.5) is 5.82 Å². The maximum Gasteiger partial charge on any atom is 0.191 e. The molecule has 1 aromatic heterocycles. The SMILES string of the molecule is NC(=NCCCCNc1ccccn1)N1CCOCC1. The second-order valence-electron chi connectivity index (χ2n) is 4.69. The summed E-state index contributed by atoms with van der Waals surface area (Å²) in [6.07, 6.45) is 3.86. The van der Waals surface area contributed by atoms with Crippen molar-refractivity contribution in [2.75, 3.05) is 44.7 Å². The molecular formula is C14H23N5O. The van der Waals surface area contributed by atoms with Crippen LogP contribution >= 0.6 is 0 Å². The van der Waals surface area contributed by atoms with Crippen LogP contribution in [0.25, 0.3) is 0 Å². The first-order chi connectivity index (χ1) is 9.86. The molecule has 0 unspecified atom stereocenters. The van der Waals surface area contributed by atoms with Crippen molar-refractivity contribution in [3.05, 3.63) is 24.4 Å². The summed E-state index contributed by atoms with van der Waals surface area (Å²) in [5.41, 5.74) is 5.95. The van der Waals surface area contributed by atoms with Crippen LogP contribution in [-0.4, -0.2) is 55.2 Å². The van der Waals surface area contributed by atoms with E-state index >= 15 is 0 Å². The van der Waals surface area contributed by atoms with Gasteiger partial charge in [0.25, 0.3) is 0 Å². The van der Waals surface area contributed by atoms with Gasteiger partial charge in [-0.25, -0.2) is 4.98 Å². The Morgan fingerprint density at radius 1 is 1.35 bits per heavy atom. The fourth-order valence-corrected chi connectivity index (χ4v) is 2.01. The van der Waals surface area contributed by atoms with Crippen molar-refractivity contribution >= 4 is 11.8 Å². The molecule has 110 valence electrons. The van der Waals surface area contributed by atoms with Crippen molar-refractivity contribution in [3.8, 4) is 0 Å². The Hall–Kier alpha value is -1.82. The number of nitrogens with one attached hydrogen (secondary N) is 1. The quantitative estimate of drug-likeness (QED) is 0.459. The number of aromatic nitrogens is 1. The average Bonchev–Trinajstić information content (AvgIpc) is 2.52. The molecule has 0 radical (unpaired) electrons. The smallest absolute Gasteiger partial charge is 0.191 e. The summed E-state index contributed by atoms with van der Waals surface area (Å²) < 4.78 is 5.28. The zero-order chi connectivity index (χ0) is 14.0. The molecule has 0 amide bonds. The van der Waals surface area contributed by atoms with Gasteiger partial charge in [-0.15, -0.1) is 0 Å². The highest BCUT2D eigenvalue weighted by Gasteiger charge is 2.11. The molecule has 6 heteroatoms. The molecule has 1 aliphatic heterocycles. The predicted molar refractivity (Wildman–Crippen MR) is 80.8 cm³/mol. The number of guanidine groups is 1. The van der Waals surface area contributed by atoms with Gasteiger partial charge in [0.1, 0.15) is 5.82 Å². The van der Waals surface area contributed by atoms with Crippen LogP contribution in [0, 0.1) is 0 Å². The number of pyridine rings is 1. The summed E-state index contributed by atoms with van der Waals surface area (Å²) in [6, 6.07) is 5.85. The second-order valence-corrected chi connectivity index (χ2v) is 4.69. The Morgan fingerprint density at radius 2 is 2.20 bits per heavy atom. The van der Waals surface area contributed by atoms with E-state index in [0.717, 1.165) is 58.1 Å². The number of ether oxygens (including phenoxy) is 1. The number of unbranched alkanes of at least 4 members (excludes halogenated alkanes) is 1. The minimum Gasteiger partial charge on any atom is -0.378 e. The number of hydrogen-bond donors (Lipinski definition) is 2. The first-order valence-corrected chi connectivity index (χ1v) is 7.14. The van der Waals surface area contributed by atoms with Crippen molar-refractivity contribution < 1.29 is 4.74 Å². The molecule has 0 spiro atoms. The van der Waals surface area contributed by atoms with Crippen molar-refractivity contribution in [2.45, 2.75) is 12.8 Å². The Kier molecular flexibility index (Phi) is 6.10. The van der Waals surface area contributed by atoms with Crippen LogP contribution < -0.4 is 11.1 Å². The van der Waals surface area contributed by atoms with E-state index in [-0.39, 0.29) is 0 Å². The van der Waals surface area contributed by atoms with Gasteiger partial charge >= 0.3 is 0 Å². The molecule has 0 atom stereocenters. The van der Waals surface area contributed by atoms with Crippen molar-refractivity contribution in [1.82, 2.24) is 9.88 Å². The highest BCUT2D eigenvalue weighted by atomic mass is 16.5. The van der Waals surface area contributed by atoms with Crippen LogP contribution in [0.5, 0.6) is 0 Å². The van der Waals surface area contributed by atoms with E-state index in [1.54, 1.807) is 6.20 Å². The van der Waals surface area contributed by atoms with Gasteiger partial charge in [-0.1, -0.05) is 6.07 Å². The maximum absolute atomic E-state index is 5.95. The third-order valence-electron chi connectivity index (χ3n) is 3.16. The Balaban J connectivity index is 1.56. The van der Waals surface area contributed by atoms with E-state index in [4.69, 9.17) is 10.5 Å². The monoisotopic (exact) mass is 277 g/mol. The van der Waals surface area contributed by atoms with Crippen LogP contribution in [0.2, 0.25) is 0 Å². The number of nitrogens with zero attached hydrogens (tertiary/aromatic N) is 3. The Morgan fingerprint density at radius 3 is 2.95 bits per heavy atom. The van der Waals surface area contributed by atoms with E-state index in [0.29, 0.717) is 5.96 Å². The Bertz CT molecular complexity index is 403.